The van der Waals surface area contributed by atoms with Crippen LogP contribution in [-0.2, 0) is 9.53 Å². The summed E-state index contributed by atoms with van der Waals surface area (Å²) in [7, 11) is 0. The average molecular weight is 254 g/mol. The van der Waals surface area contributed by atoms with Gasteiger partial charge >= 0.3 is 0 Å². The minimum absolute atomic E-state index is 0.0376. The van der Waals surface area contributed by atoms with Crippen molar-refractivity contribution in [1.29, 1.82) is 0 Å². The molecule has 2 aliphatic rings. The van der Waals surface area contributed by atoms with Crippen molar-refractivity contribution < 1.29 is 9.53 Å². The SMILES string of the molecule is CCOC(C)CN1C(=O)C(C)NC1C1CCCC1. The smallest absolute Gasteiger partial charge is 0.240 e. The van der Waals surface area contributed by atoms with Crippen molar-refractivity contribution in [2.24, 2.45) is 5.92 Å². The first-order chi connectivity index (χ1) is 8.63. The fourth-order valence-electron chi connectivity index (χ4n) is 3.28. The Labute approximate surface area is 110 Å². The predicted molar refractivity (Wildman–Crippen MR) is 71.1 cm³/mol. The number of nitrogens with zero attached hydrogens (tertiary/aromatic N) is 1. The first-order valence-corrected chi connectivity index (χ1v) is 7.31. The molecule has 4 heteroatoms. The molecule has 1 aliphatic carbocycles. The summed E-state index contributed by atoms with van der Waals surface area (Å²) in [4.78, 5) is 14.2. The van der Waals surface area contributed by atoms with Gasteiger partial charge in [-0.2, -0.15) is 0 Å². The van der Waals surface area contributed by atoms with Crippen LogP contribution in [0.5, 0.6) is 0 Å². The highest BCUT2D eigenvalue weighted by Crippen LogP contribution is 2.32. The van der Waals surface area contributed by atoms with Crippen molar-refractivity contribution in [3.8, 4) is 0 Å². The van der Waals surface area contributed by atoms with E-state index in [0.717, 1.165) is 0 Å². The maximum absolute atomic E-state index is 12.2. The molecule has 1 amide bonds. The molecule has 0 spiro atoms. The van der Waals surface area contributed by atoms with Crippen molar-refractivity contribution >= 4 is 5.91 Å². The molecular formula is C14H26N2O2. The van der Waals surface area contributed by atoms with E-state index in [-0.39, 0.29) is 24.2 Å². The summed E-state index contributed by atoms with van der Waals surface area (Å²) in [5.41, 5.74) is 0. The molecule has 0 aromatic heterocycles. The van der Waals surface area contributed by atoms with Crippen molar-refractivity contribution in [2.45, 2.75) is 64.8 Å². The Kier molecular flexibility index (Phi) is 4.62. The van der Waals surface area contributed by atoms with E-state index in [4.69, 9.17) is 4.74 Å². The van der Waals surface area contributed by atoms with Crippen LogP contribution in [0, 0.1) is 5.92 Å². The summed E-state index contributed by atoms with van der Waals surface area (Å²) in [6.07, 6.45) is 5.46. The van der Waals surface area contributed by atoms with E-state index in [0.29, 0.717) is 19.1 Å². The fraction of sp³-hybridized carbons (Fsp3) is 0.929. The third-order valence-electron chi connectivity index (χ3n) is 4.16. The Hall–Kier alpha value is -0.610. The van der Waals surface area contributed by atoms with Gasteiger partial charge in [-0.1, -0.05) is 12.8 Å². The van der Waals surface area contributed by atoms with Crippen molar-refractivity contribution in [3.05, 3.63) is 0 Å². The number of amides is 1. The van der Waals surface area contributed by atoms with E-state index < -0.39 is 0 Å². The highest BCUT2D eigenvalue weighted by molar-refractivity contribution is 5.84. The lowest BCUT2D eigenvalue weighted by Crippen LogP contribution is -2.45. The summed E-state index contributed by atoms with van der Waals surface area (Å²) in [6, 6.07) is -0.0376. The Morgan fingerprint density at radius 3 is 2.72 bits per heavy atom. The zero-order valence-electron chi connectivity index (χ0n) is 11.8. The number of ether oxygens (including phenoxy) is 1. The second-order valence-electron chi connectivity index (χ2n) is 5.63. The summed E-state index contributed by atoms with van der Waals surface area (Å²) in [5, 5.41) is 3.46. The van der Waals surface area contributed by atoms with Crippen LogP contribution in [0.1, 0.15) is 46.5 Å². The molecule has 1 heterocycles. The average Bonchev–Trinajstić information content (AvgIpc) is 2.93. The molecular weight excluding hydrogens is 228 g/mol. The maximum Gasteiger partial charge on any atom is 0.240 e. The van der Waals surface area contributed by atoms with Crippen molar-refractivity contribution in [3.63, 3.8) is 0 Å². The molecule has 0 bridgehead atoms. The van der Waals surface area contributed by atoms with Crippen molar-refractivity contribution in [2.75, 3.05) is 13.2 Å². The third kappa shape index (κ3) is 2.86. The van der Waals surface area contributed by atoms with Crippen molar-refractivity contribution in [1.82, 2.24) is 10.2 Å². The van der Waals surface area contributed by atoms with E-state index in [9.17, 15) is 4.79 Å². The highest BCUT2D eigenvalue weighted by Gasteiger charge is 2.41. The van der Waals surface area contributed by atoms with Crippen LogP contribution in [0.2, 0.25) is 0 Å². The van der Waals surface area contributed by atoms with Gasteiger partial charge < -0.3 is 9.64 Å². The Morgan fingerprint density at radius 1 is 1.44 bits per heavy atom. The number of nitrogens with one attached hydrogen (secondary N) is 1. The molecule has 18 heavy (non-hydrogen) atoms. The van der Waals surface area contributed by atoms with Gasteiger partial charge in [-0.15, -0.1) is 0 Å². The first kappa shape index (κ1) is 13.8. The van der Waals surface area contributed by atoms with Gasteiger partial charge in [-0.25, -0.2) is 0 Å². The van der Waals surface area contributed by atoms with Gasteiger partial charge in [0.05, 0.1) is 18.3 Å². The van der Waals surface area contributed by atoms with E-state index in [1.54, 1.807) is 0 Å². The molecule has 0 radical (unpaired) electrons. The monoisotopic (exact) mass is 254 g/mol. The molecule has 1 aliphatic heterocycles. The molecule has 104 valence electrons. The number of carbonyl (C=O) groups is 1. The van der Waals surface area contributed by atoms with Crippen LogP contribution in [-0.4, -0.2) is 42.3 Å². The largest absolute Gasteiger partial charge is 0.377 e. The number of rotatable bonds is 5. The number of carbonyl (C=O) groups excluding carboxylic acids is 1. The molecule has 4 nitrogen and oxygen atoms in total. The predicted octanol–water partition coefficient (Wildman–Crippen LogP) is 1.75. The molecule has 2 fully saturated rings. The van der Waals surface area contributed by atoms with Crippen LogP contribution >= 0.6 is 0 Å². The van der Waals surface area contributed by atoms with Gasteiger partial charge in [0.25, 0.3) is 0 Å². The minimum atomic E-state index is -0.0376. The molecule has 1 saturated heterocycles. The zero-order valence-corrected chi connectivity index (χ0v) is 11.8. The molecule has 2 rings (SSSR count). The Morgan fingerprint density at radius 2 is 2.11 bits per heavy atom. The van der Waals surface area contributed by atoms with E-state index in [1.807, 2.05) is 25.7 Å². The van der Waals surface area contributed by atoms with Gasteiger partial charge in [0, 0.05) is 13.2 Å². The molecule has 0 aromatic rings. The standard InChI is InChI=1S/C14H26N2O2/c1-4-18-10(2)9-16-13(12-7-5-6-8-12)15-11(3)14(16)17/h10-13,15H,4-9H2,1-3H3. The number of hydrogen-bond acceptors (Lipinski definition) is 3. The lowest BCUT2D eigenvalue weighted by molar-refractivity contribution is -0.132. The second kappa shape index (κ2) is 6.02. The molecule has 0 aromatic carbocycles. The normalized spacial score (nSPS) is 31.3. The van der Waals surface area contributed by atoms with Crippen LogP contribution < -0.4 is 5.32 Å². The molecule has 1 saturated carbocycles. The van der Waals surface area contributed by atoms with Crippen LogP contribution in [0.3, 0.4) is 0 Å². The van der Waals surface area contributed by atoms with Gasteiger partial charge in [0.15, 0.2) is 0 Å². The summed E-state index contributed by atoms with van der Waals surface area (Å²) in [5.74, 6) is 0.867. The van der Waals surface area contributed by atoms with E-state index in [1.165, 1.54) is 25.7 Å². The van der Waals surface area contributed by atoms with Gasteiger partial charge in [-0.05, 0) is 39.5 Å². The van der Waals surface area contributed by atoms with Gasteiger partial charge in [0.1, 0.15) is 0 Å². The Balaban J connectivity index is 2.00. The Bertz CT molecular complexity index is 290. The van der Waals surface area contributed by atoms with Crippen LogP contribution in [0.4, 0.5) is 0 Å². The summed E-state index contributed by atoms with van der Waals surface area (Å²) < 4.78 is 5.58. The summed E-state index contributed by atoms with van der Waals surface area (Å²) >= 11 is 0. The number of hydrogen-bond donors (Lipinski definition) is 1. The summed E-state index contributed by atoms with van der Waals surface area (Å²) in [6.45, 7) is 7.43. The third-order valence-corrected chi connectivity index (χ3v) is 4.16. The van der Waals surface area contributed by atoms with Crippen LogP contribution in [0.15, 0.2) is 0 Å². The maximum atomic E-state index is 12.2. The topological polar surface area (TPSA) is 41.6 Å². The van der Waals surface area contributed by atoms with Gasteiger partial charge in [0.2, 0.25) is 5.91 Å². The van der Waals surface area contributed by atoms with E-state index >= 15 is 0 Å². The minimum Gasteiger partial charge on any atom is -0.377 e. The second-order valence-corrected chi connectivity index (χ2v) is 5.63. The molecule has 3 unspecified atom stereocenters. The molecule has 1 N–H and O–H groups in total. The van der Waals surface area contributed by atoms with E-state index in [2.05, 4.69) is 5.32 Å². The highest BCUT2D eigenvalue weighted by atomic mass is 16.5. The zero-order chi connectivity index (χ0) is 13.1. The quantitative estimate of drug-likeness (QED) is 0.812. The molecule has 3 atom stereocenters. The lowest BCUT2D eigenvalue weighted by Gasteiger charge is -2.31. The first-order valence-electron chi connectivity index (χ1n) is 7.31. The fourth-order valence-corrected chi connectivity index (χ4v) is 3.28. The van der Waals surface area contributed by atoms with Crippen LogP contribution in [0.25, 0.3) is 0 Å². The lowest BCUT2D eigenvalue weighted by atomic mass is 10.0. The van der Waals surface area contributed by atoms with Gasteiger partial charge in [-0.3, -0.25) is 10.1 Å².